The van der Waals surface area contributed by atoms with Crippen molar-refractivity contribution in [2.75, 3.05) is 10.6 Å². The summed E-state index contributed by atoms with van der Waals surface area (Å²) in [6.07, 6.45) is 0. The molecule has 8 nitrogen and oxygen atoms in total. The Hall–Kier alpha value is -2.77. The molecule has 2 rings (SSSR count). The molecular weight excluding hydrogens is 248 g/mol. The van der Waals surface area contributed by atoms with Crippen LogP contribution in [-0.4, -0.2) is 32.4 Å². The van der Waals surface area contributed by atoms with Crippen molar-refractivity contribution in [3.05, 3.63) is 29.6 Å². The van der Waals surface area contributed by atoms with Gasteiger partial charge < -0.3 is 10.6 Å². The molecular formula is C11H12N6O2. The van der Waals surface area contributed by atoms with Crippen LogP contribution in [0, 0.1) is 6.92 Å². The highest BCUT2D eigenvalue weighted by atomic mass is 16.2. The maximum Gasteiger partial charge on any atom is 0.297 e. The lowest BCUT2D eigenvalue weighted by molar-refractivity contribution is -0.114. The van der Waals surface area contributed by atoms with Gasteiger partial charge in [-0.1, -0.05) is 0 Å². The molecule has 0 aliphatic heterocycles. The number of aryl methyl sites for hydroxylation is 1. The number of hydrogen-bond donors (Lipinski definition) is 3. The van der Waals surface area contributed by atoms with Crippen molar-refractivity contribution in [2.45, 2.75) is 13.8 Å². The van der Waals surface area contributed by atoms with Crippen LogP contribution in [0.4, 0.5) is 11.4 Å². The SMILES string of the molecule is CC(=O)Nc1ccc(NC(=O)c2nn[nH]n2)cc1C. The number of benzene rings is 1. The highest BCUT2D eigenvalue weighted by molar-refractivity contribution is 6.01. The molecule has 0 radical (unpaired) electrons. The number of nitrogens with zero attached hydrogens (tertiary/aromatic N) is 3. The third-order valence-electron chi connectivity index (χ3n) is 2.34. The van der Waals surface area contributed by atoms with Crippen LogP contribution in [0.5, 0.6) is 0 Å². The van der Waals surface area contributed by atoms with E-state index in [0.29, 0.717) is 11.4 Å². The van der Waals surface area contributed by atoms with E-state index in [2.05, 4.69) is 31.3 Å². The third-order valence-corrected chi connectivity index (χ3v) is 2.34. The Kier molecular flexibility index (Phi) is 3.51. The fourth-order valence-electron chi connectivity index (χ4n) is 1.52. The van der Waals surface area contributed by atoms with Crippen LogP contribution in [0.15, 0.2) is 18.2 Å². The summed E-state index contributed by atoms with van der Waals surface area (Å²) in [5.41, 5.74) is 2.12. The molecule has 0 fully saturated rings. The molecule has 0 aliphatic rings. The number of aromatic amines is 1. The lowest BCUT2D eigenvalue weighted by atomic mass is 10.1. The maximum atomic E-state index is 11.7. The number of nitrogens with one attached hydrogen (secondary N) is 3. The van der Waals surface area contributed by atoms with Crippen molar-refractivity contribution in [1.82, 2.24) is 20.6 Å². The molecule has 0 aliphatic carbocycles. The van der Waals surface area contributed by atoms with E-state index in [-0.39, 0.29) is 11.7 Å². The minimum atomic E-state index is -0.458. The first-order valence-corrected chi connectivity index (χ1v) is 5.49. The van der Waals surface area contributed by atoms with Crippen LogP contribution in [0.3, 0.4) is 0 Å². The van der Waals surface area contributed by atoms with Gasteiger partial charge in [0.05, 0.1) is 0 Å². The Morgan fingerprint density at radius 3 is 2.63 bits per heavy atom. The maximum absolute atomic E-state index is 11.7. The minimum absolute atomic E-state index is 0.0383. The highest BCUT2D eigenvalue weighted by Gasteiger charge is 2.11. The summed E-state index contributed by atoms with van der Waals surface area (Å²) < 4.78 is 0. The third kappa shape index (κ3) is 3.12. The Labute approximate surface area is 108 Å². The van der Waals surface area contributed by atoms with Gasteiger partial charge in [-0.2, -0.15) is 5.21 Å². The van der Waals surface area contributed by atoms with Crippen LogP contribution in [0.25, 0.3) is 0 Å². The first-order valence-electron chi connectivity index (χ1n) is 5.49. The van der Waals surface area contributed by atoms with Gasteiger partial charge >= 0.3 is 0 Å². The molecule has 98 valence electrons. The van der Waals surface area contributed by atoms with Crippen molar-refractivity contribution in [1.29, 1.82) is 0 Å². The molecule has 0 saturated carbocycles. The highest BCUT2D eigenvalue weighted by Crippen LogP contribution is 2.19. The van der Waals surface area contributed by atoms with Crippen LogP contribution in [0.1, 0.15) is 23.1 Å². The zero-order chi connectivity index (χ0) is 13.8. The second-order valence-corrected chi connectivity index (χ2v) is 3.90. The van der Waals surface area contributed by atoms with Crippen LogP contribution in [0.2, 0.25) is 0 Å². The monoisotopic (exact) mass is 260 g/mol. The molecule has 2 aromatic rings. The smallest absolute Gasteiger partial charge is 0.297 e. The van der Waals surface area contributed by atoms with E-state index >= 15 is 0 Å². The minimum Gasteiger partial charge on any atom is -0.326 e. The van der Waals surface area contributed by atoms with E-state index in [1.807, 2.05) is 6.92 Å². The zero-order valence-electron chi connectivity index (χ0n) is 10.4. The summed E-state index contributed by atoms with van der Waals surface area (Å²) in [7, 11) is 0. The van der Waals surface area contributed by atoms with Crippen LogP contribution in [-0.2, 0) is 4.79 Å². The summed E-state index contributed by atoms with van der Waals surface area (Å²) in [6.45, 7) is 3.26. The van der Waals surface area contributed by atoms with Gasteiger partial charge in [0.25, 0.3) is 11.7 Å². The molecule has 2 amide bonds. The van der Waals surface area contributed by atoms with Gasteiger partial charge in [0.15, 0.2) is 0 Å². The number of carbonyl (C=O) groups is 2. The number of rotatable bonds is 3. The predicted molar refractivity (Wildman–Crippen MR) is 67.6 cm³/mol. The molecule has 3 N–H and O–H groups in total. The van der Waals surface area contributed by atoms with E-state index in [1.54, 1.807) is 18.2 Å². The number of amides is 2. The topological polar surface area (TPSA) is 113 Å². The molecule has 19 heavy (non-hydrogen) atoms. The zero-order valence-corrected chi connectivity index (χ0v) is 10.4. The first kappa shape index (κ1) is 12.7. The fraction of sp³-hybridized carbons (Fsp3) is 0.182. The fourth-order valence-corrected chi connectivity index (χ4v) is 1.52. The van der Waals surface area contributed by atoms with Crippen LogP contribution < -0.4 is 10.6 Å². The van der Waals surface area contributed by atoms with E-state index in [4.69, 9.17) is 0 Å². The predicted octanol–water partition coefficient (Wildman–Crippen LogP) is 0.719. The van der Waals surface area contributed by atoms with Crippen molar-refractivity contribution in [3.8, 4) is 0 Å². The normalized spacial score (nSPS) is 10.0. The summed E-state index contributed by atoms with van der Waals surface area (Å²) in [4.78, 5) is 22.7. The van der Waals surface area contributed by atoms with Crippen molar-refractivity contribution in [2.24, 2.45) is 0 Å². The van der Waals surface area contributed by atoms with Crippen molar-refractivity contribution >= 4 is 23.2 Å². The lowest BCUT2D eigenvalue weighted by Crippen LogP contribution is -2.14. The Bertz CT molecular complexity index is 608. The Morgan fingerprint density at radius 1 is 1.26 bits per heavy atom. The van der Waals surface area contributed by atoms with Gasteiger partial charge in [-0.3, -0.25) is 9.59 Å². The molecule has 0 unspecified atom stereocenters. The van der Waals surface area contributed by atoms with Gasteiger partial charge in [0.2, 0.25) is 5.91 Å². The molecule has 0 atom stereocenters. The number of carbonyl (C=O) groups excluding carboxylic acids is 2. The standard InChI is InChI=1S/C11H12N6O2/c1-6-5-8(3-4-9(6)12-7(2)18)13-11(19)10-14-16-17-15-10/h3-5H,1-2H3,(H,12,18)(H,13,19)(H,14,15,16,17). The number of hydrogen-bond acceptors (Lipinski definition) is 5. The van der Waals surface area contributed by atoms with Gasteiger partial charge in [-0.05, 0) is 35.9 Å². The summed E-state index contributed by atoms with van der Waals surface area (Å²) >= 11 is 0. The number of aromatic nitrogens is 4. The Balaban J connectivity index is 2.12. The lowest BCUT2D eigenvalue weighted by Gasteiger charge is -2.09. The van der Waals surface area contributed by atoms with Crippen molar-refractivity contribution < 1.29 is 9.59 Å². The summed E-state index contributed by atoms with van der Waals surface area (Å²) in [5, 5.41) is 18.0. The van der Waals surface area contributed by atoms with E-state index < -0.39 is 5.91 Å². The number of anilines is 2. The molecule has 0 bridgehead atoms. The Morgan fingerprint density at radius 2 is 2.05 bits per heavy atom. The van der Waals surface area contributed by atoms with Gasteiger partial charge in [-0.15, -0.1) is 10.2 Å². The number of tetrazole rings is 1. The average Bonchev–Trinajstić information content (AvgIpc) is 2.86. The molecule has 1 aromatic carbocycles. The molecule has 1 heterocycles. The molecule has 1 aromatic heterocycles. The summed E-state index contributed by atoms with van der Waals surface area (Å²) in [6, 6.07) is 5.13. The second kappa shape index (κ2) is 5.25. The van der Waals surface area contributed by atoms with E-state index in [1.165, 1.54) is 6.92 Å². The largest absolute Gasteiger partial charge is 0.326 e. The quantitative estimate of drug-likeness (QED) is 0.752. The van der Waals surface area contributed by atoms with Gasteiger partial charge in [0.1, 0.15) is 0 Å². The average molecular weight is 260 g/mol. The molecule has 8 heteroatoms. The van der Waals surface area contributed by atoms with Gasteiger partial charge in [-0.25, -0.2) is 0 Å². The van der Waals surface area contributed by atoms with Gasteiger partial charge in [0, 0.05) is 18.3 Å². The van der Waals surface area contributed by atoms with E-state index in [0.717, 1.165) is 5.56 Å². The van der Waals surface area contributed by atoms with E-state index in [9.17, 15) is 9.59 Å². The van der Waals surface area contributed by atoms with Crippen molar-refractivity contribution in [3.63, 3.8) is 0 Å². The second-order valence-electron chi connectivity index (χ2n) is 3.90. The molecule has 0 saturated heterocycles. The number of H-pyrrole nitrogens is 1. The molecule has 0 spiro atoms. The van der Waals surface area contributed by atoms with Crippen LogP contribution >= 0.6 is 0 Å². The summed E-state index contributed by atoms with van der Waals surface area (Å²) in [5.74, 6) is -0.643. The first-order chi connectivity index (χ1) is 9.06.